The second kappa shape index (κ2) is 9.75. The molecule has 3 rings (SSSR count). The number of benzene rings is 2. The number of nitrogens with one attached hydrogen (secondary N) is 1. The van der Waals surface area contributed by atoms with Crippen LogP contribution < -0.4 is 5.32 Å². The van der Waals surface area contributed by atoms with Crippen LogP contribution in [0.4, 0.5) is 0 Å². The van der Waals surface area contributed by atoms with Gasteiger partial charge in [-0.2, -0.15) is 0 Å². The third-order valence-electron chi connectivity index (χ3n) is 4.40. The zero-order chi connectivity index (χ0) is 19.9. The highest BCUT2D eigenvalue weighted by Gasteiger charge is 2.16. The van der Waals surface area contributed by atoms with Gasteiger partial charge < -0.3 is 9.88 Å². The molecule has 28 heavy (non-hydrogen) atoms. The van der Waals surface area contributed by atoms with Gasteiger partial charge in [-0.05, 0) is 31.0 Å². The zero-order valence-corrected chi connectivity index (χ0v) is 17.5. The highest BCUT2D eigenvalue weighted by atomic mass is 35.5. The lowest BCUT2D eigenvalue weighted by molar-refractivity contribution is -0.119. The Morgan fingerprint density at radius 1 is 1.14 bits per heavy atom. The number of amides is 1. The van der Waals surface area contributed by atoms with Crippen LogP contribution in [-0.4, -0.2) is 26.4 Å². The van der Waals surface area contributed by atoms with Crippen molar-refractivity contribution in [2.24, 2.45) is 0 Å². The number of aromatic nitrogens is 3. The Morgan fingerprint density at radius 2 is 1.86 bits per heavy atom. The van der Waals surface area contributed by atoms with E-state index < -0.39 is 0 Å². The first-order chi connectivity index (χ1) is 13.6. The molecule has 0 aliphatic carbocycles. The number of hydrogen-bond acceptors (Lipinski definition) is 4. The van der Waals surface area contributed by atoms with Crippen LogP contribution in [-0.2, 0) is 17.8 Å². The number of hydrogen-bond donors (Lipinski definition) is 1. The van der Waals surface area contributed by atoms with Crippen molar-refractivity contribution in [1.29, 1.82) is 0 Å². The molecule has 1 heterocycles. The average molecular weight is 415 g/mol. The SMILES string of the molecule is CCn1c(Cc2ccccc2)nnc1SCC(=O)NC(C)c1ccccc1Cl. The van der Waals surface area contributed by atoms with Crippen LogP contribution in [0.3, 0.4) is 0 Å². The van der Waals surface area contributed by atoms with Gasteiger partial charge in [0.15, 0.2) is 5.16 Å². The fourth-order valence-corrected chi connectivity index (χ4v) is 4.10. The van der Waals surface area contributed by atoms with Gasteiger partial charge in [0.25, 0.3) is 0 Å². The monoisotopic (exact) mass is 414 g/mol. The summed E-state index contributed by atoms with van der Waals surface area (Å²) in [6, 6.07) is 17.6. The summed E-state index contributed by atoms with van der Waals surface area (Å²) in [6.45, 7) is 4.74. The summed E-state index contributed by atoms with van der Waals surface area (Å²) in [5.41, 5.74) is 2.09. The van der Waals surface area contributed by atoms with E-state index in [9.17, 15) is 4.79 Å². The maximum absolute atomic E-state index is 12.4. The summed E-state index contributed by atoms with van der Waals surface area (Å²) in [5, 5.41) is 13.0. The molecule has 0 aliphatic rings. The van der Waals surface area contributed by atoms with Crippen LogP contribution in [0.1, 0.15) is 36.8 Å². The number of thioether (sulfide) groups is 1. The maximum Gasteiger partial charge on any atom is 0.230 e. The quantitative estimate of drug-likeness (QED) is 0.551. The predicted octanol–water partition coefficient (Wildman–Crippen LogP) is 4.51. The van der Waals surface area contributed by atoms with Gasteiger partial charge in [0.1, 0.15) is 5.82 Å². The summed E-state index contributed by atoms with van der Waals surface area (Å²) in [6.07, 6.45) is 0.720. The molecule has 1 unspecified atom stereocenters. The molecule has 5 nitrogen and oxygen atoms in total. The standard InChI is InChI=1S/C21H23ClN4OS/c1-3-26-19(13-16-9-5-4-6-10-16)24-25-21(26)28-14-20(27)23-15(2)17-11-7-8-12-18(17)22/h4-12,15H,3,13-14H2,1-2H3,(H,23,27). The first-order valence-electron chi connectivity index (χ1n) is 9.21. The first kappa shape index (κ1) is 20.4. The van der Waals surface area contributed by atoms with E-state index >= 15 is 0 Å². The molecule has 0 saturated heterocycles. The van der Waals surface area contributed by atoms with Gasteiger partial charge in [0.05, 0.1) is 11.8 Å². The van der Waals surface area contributed by atoms with Gasteiger partial charge in [-0.3, -0.25) is 4.79 Å². The fraction of sp³-hybridized carbons (Fsp3) is 0.286. The van der Waals surface area contributed by atoms with E-state index in [1.165, 1.54) is 17.3 Å². The summed E-state index contributed by atoms with van der Waals surface area (Å²) in [5.74, 6) is 1.12. The molecule has 0 aliphatic heterocycles. The Balaban J connectivity index is 1.59. The van der Waals surface area contributed by atoms with Crippen molar-refractivity contribution in [1.82, 2.24) is 20.1 Å². The molecule has 0 bridgehead atoms. The number of halogens is 1. The molecule has 2 aromatic carbocycles. The average Bonchev–Trinajstić information content (AvgIpc) is 3.09. The molecule has 0 saturated carbocycles. The minimum absolute atomic E-state index is 0.0623. The first-order valence-corrected chi connectivity index (χ1v) is 10.6. The van der Waals surface area contributed by atoms with Gasteiger partial charge in [-0.1, -0.05) is 71.9 Å². The third-order valence-corrected chi connectivity index (χ3v) is 5.71. The molecular formula is C21H23ClN4OS. The molecule has 0 spiro atoms. The van der Waals surface area contributed by atoms with Crippen molar-refractivity contribution in [3.8, 4) is 0 Å². The van der Waals surface area contributed by atoms with E-state index in [1.54, 1.807) is 0 Å². The van der Waals surface area contributed by atoms with Crippen LogP contribution in [0.15, 0.2) is 59.8 Å². The molecule has 1 aromatic heterocycles. The number of carbonyl (C=O) groups excluding carboxylic acids is 1. The topological polar surface area (TPSA) is 59.8 Å². The Labute approximate surface area is 174 Å². The molecule has 3 aromatic rings. The zero-order valence-electron chi connectivity index (χ0n) is 15.9. The predicted molar refractivity (Wildman–Crippen MR) is 114 cm³/mol. The van der Waals surface area contributed by atoms with Gasteiger partial charge in [-0.25, -0.2) is 0 Å². The second-order valence-corrected chi connectivity index (χ2v) is 7.75. The van der Waals surface area contributed by atoms with E-state index in [0.29, 0.717) is 5.02 Å². The molecule has 146 valence electrons. The second-order valence-electron chi connectivity index (χ2n) is 6.40. The van der Waals surface area contributed by atoms with E-state index in [-0.39, 0.29) is 17.7 Å². The Bertz CT molecular complexity index is 929. The van der Waals surface area contributed by atoms with Crippen molar-refractivity contribution in [3.63, 3.8) is 0 Å². The van der Waals surface area contributed by atoms with Gasteiger partial charge in [0, 0.05) is 18.0 Å². The highest BCUT2D eigenvalue weighted by molar-refractivity contribution is 7.99. The number of rotatable bonds is 8. The summed E-state index contributed by atoms with van der Waals surface area (Å²) >= 11 is 7.60. The van der Waals surface area contributed by atoms with Crippen LogP contribution in [0.5, 0.6) is 0 Å². The van der Waals surface area contributed by atoms with E-state index in [1.807, 2.05) is 49.4 Å². The largest absolute Gasteiger partial charge is 0.349 e. The molecule has 0 fully saturated rings. The van der Waals surface area contributed by atoms with E-state index in [4.69, 9.17) is 11.6 Å². The van der Waals surface area contributed by atoms with Crippen molar-refractivity contribution in [2.45, 2.75) is 38.0 Å². The van der Waals surface area contributed by atoms with Crippen LogP contribution in [0.25, 0.3) is 0 Å². The Kier molecular flexibility index (Phi) is 7.12. The van der Waals surface area contributed by atoms with Crippen LogP contribution in [0.2, 0.25) is 5.02 Å². The Hall–Kier alpha value is -2.31. The molecule has 7 heteroatoms. The molecule has 1 atom stereocenters. The summed E-state index contributed by atoms with van der Waals surface area (Å²) < 4.78 is 2.06. The summed E-state index contributed by atoms with van der Waals surface area (Å²) in [4.78, 5) is 12.4. The van der Waals surface area contributed by atoms with E-state index in [0.717, 1.165) is 29.5 Å². The molecule has 1 N–H and O–H groups in total. The van der Waals surface area contributed by atoms with Gasteiger partial charge >= 0.3 is 0 Å². The minimum Gasteiger partial charge on any atom is -0.349 e. The Morgan fingerprint density at radius 3 is 2.57 bits per heavy atom. The van der Waals surface area contributed by atoms with Crippen molar-refractivity contribution in [2.75, 3.05) is 5.75 Å². The van der Waals surface area contributed by atoms with Crippen LogP contribution in [0, 0.1) is 0 Å². The molecule has 0 radical (unpaired) electrons. The molecule has 1 amide bonds. The van der Waals surface area contributed by atoms with Crippen LogP contribution >= 0.6 is 23.4 Å². The van der Waals surface area contributed by atoms with Crippen molar-refractivity contribution >= 4 is 29.3 Å². The fourth-order valence-electron chi connectivity index (χ4n) is 2.97. The lowest BCUT2D eigenvalue weighted by Crippen LogP contribution is -2.28. The number of nitrogens with zero attached hydrogens (tertiary/aromatic N) is 3. The number of carbonyl (C=O) groups is 1. The lowest BCUT2D eigenvalue weighted by Gasteiger charge is -2.15. The highest BCUT2D eigenvalue weighted by Crippen LogP contribution is 2.23. The summed E-state index contributed by atoms with van der Waals surface area (Å²) in [7, 11) is 0. The van der Waals surface area contributed by atoms with Crippen molar-refractivity contribution < 1.29 is 4.79 Å². The smallest absolute Gasteiger partial charge is 0.230 e. The van der Waals surface area contributed by atoms with Gasteiger partial charge in [-0.15, -0.1) is 10.2 Å². The van der Waals surface area contributed by atoms with E-state index in [2.05, 4.69) is 39.1 Å². The normalized spacial score (nSPS) is 12.0. The minimum atomic E-state index is -0.153. The maximum atomic E-state index is 12.4. The molecular weight excluding hydrogens is 392 g/mol. The van der Waals surface area contributed by atoms with Gasteiger partial charge in [0.2, 0.25) is 5.91 Å². The lowest BCUT2D eigenvalue weighted by atomic mass is 10.1. The van der Waals surface area contributed by atoms with Crippen molar-refractivity contribution in [3.05, 3.63) is 76.6 Å². The third kappa shape index (κ3) is 5.14.